The van der Waals surface area contributed by atoms with Gasteiger partial charge in [0.1, 0.15) is 11.3 Å². The lowest BCUT2D eigenvalue weighted by Crippen LogP contribution is -2.07. The van der Waals surface area contributed by atoms with E-state index in [4.69, 9.17) is 0 Å². The van der Waals surface area contributed by atoms with E-state index in [1.165, 1.54) is 0 Å². The summed E-state index contributed by atoms with van der Waals surface area (Å²) in [5.41, 5.74) is 4.05. The van der Waals surface area contributed by atoms with E-state index in [0.29, 0.717) is 23.3 Å². The number of fused-ring (bicyclic) bond motifs is 1. The summed E-state index contributed by atoms with van der Waals surface area (Å²) in [5, 5.41) is 14.3. The van der Waals surface area contributed by atoms with E-state index >= 15 is 0 Å². The molecule has 3 rings (SSSR count). The average Bonchev–Trinajstić information content (AvgIpc) is 2.79. The Morgan fingerprint density at radius 2 is 2.05 bits per heavy atom. The normalized spacial score (nSPS) is 11.2. The molecule has 0 bridgehead atoms. The lowest BCUT2D eigenvalue weighted by Gasteiger charge is -2.01. The minimum absolute atomic E-state index is 0.0278. The third-order valence-corrected chi connectivity index (χ3v) is 3.57. The number of nitrogens with zero attached hydrogens (tertiary/aromatic N) is 2. The first kappa shape index (κ1) is 13.6. The minimum atomic E-state index is -0.0521. The summed E-state index contributed by atoms with van der Waals surface area (Å²) in [6.45, 7) is 4.15. The number of benzene rings is 1. The Labute approximate surface area is 121 Å². The number of hydrogen-bond acceptors (Lipinski definition) is 3. The van der Waals surface area contributed by atoms with Gasteiger partial charge in [0.15, 0.2) is 5.43 Å². The van der Waals surface area contributed by atoms with Gasteiger partial charge < -0.3 is 10.1 Å². The Morgan fingerprint density at radius 3 is 2.76 bits per heavy atom. The van der Waals surface area contributed by atoms with Gasteiger partial charge in [0.25, 0.3) is 0 Å². The number of aryl methyl sites for hydroxylation is 2. The molecular weight excluding hydrogens is 266 g/mol. The smallest absolute Gasteiger partial charge is 0.193 e. The molecule has 3 aromatic rings. The van der Waals surface area contributed by atoms with Crippen LogP contribution in [0.1, 0.15) is 11.3 Å². The van der Waals surface area contributed by atoms with Crippen molar-refractivity contribution in [1.82, 2.24) is 14.8 Å². The van der Waals surface area contributed by atoms with Gasteiger partial charge in [0, 0.05) is 17.3 Å². The lowest BCUT2D eigenvalue weighted by atomic mass is 10.0. The van der Waals surface area contributed by atoms with Crippen LogP contribution < -0.4 is 5.43 Å². The van der Waals surface area contributed by atoms with Gasteiger partial charge in [-0.25, -0.2) is 4.68 Å². The molecule has 1 aromatic carbocycles. The molecule has 0 amide bonds. The Bertz CT molecular complexity index is 862. The highest BCUT2D eigenvalue weighted by Crippen LogP contribution is 2.27. The van der Waals surface area contributed by atoms with E-state index in [-0.39, 0.29) is 12.0 Å². The molecule has 0 saturated heterocycles. The second kappa shape index (κ2) is 5.18. The molecule has 0 radical (unpaired) electrons. The fraction of sp³-hybridized carbons (Fsp3) is 0.250. The van der Waals surface area contributed by atoms with Crippen molar-refractivity contribution in [3.63, 3.8) is 0 Å². The van der Waals surface area contributed by atoms with E-state index in [9.17, 15) is 9.90 Å². The van der Waals surface area contributed by atoms with Gasteiger partial charge in [-0.2, -0.15) is 5.10 Å². The standard InChI is InChI=1S/C16H17N3O2/c1-10-5-3-4-6-12(10)15-14-13(21)9-11(2)17-16(14)19(18-15)7-8-20/h3-6,9,20H,7-8H2,1-2H3,(H,17,21). The first-order valence-corrected chi connectivity index (χ1v) is 6.89. The second-order valence-electron chi connectivity index (χ2n) is 5.15. The number of aliphatic hydroxyl groups is 1. The predicted octanol–water partition coefficient (Wildman–Crippen LogP) is 2.00. The predicted molar refractivity (Wildman–Crippen MR) is 82.3 cm³/mol. The highest BCUT2D eigenvalue weighted by molar-refractivity contribution is 5.92. The van der Waals surface area contributed by atoms with Crippen molar-refractivity contribution in [3.05, 3.63) is 51.8 Å². The molecule has 0 saturated carbocycles. The van der Waals surface area contributed by atoms with Gasteiger partial charge in [-0.05, 0) is 19.4 Å². The first-order chi connectivity index (χ1) is 10.1. The van der Waals surface area contributed by atoms with Crippen LogP contribution in [0.2, 0.25) is 0 Å². The molecule has 0 aliphatic heterocycles. The molecule has 5 heteroatoms. The van der Waals surface area contributed by atoms with E-state index in [0.717, 1.165) is 16.8 Å². The summed E-state index contributed by atoms with van der Waals surface area (Å²) in [4.78, 5) is 15.6. The molecule has 2 N–H and O–H groups in total. The molecule has 2 aromatic heterocycles. The summed E-state index contributed by atoms with van der Waals surface area (Å²) < 4.78 is 1.66. The van der Waals surface area contributed by atoms with Crippen LogP contribution in [0.5, 0.6) is 0 Å². The summed E-state index contributed by atoms with van der Waals surface area (Å²) in [7, 11) is 0. The minimum Gasteiger partial charge on any atom is -0.394 e. The molecule has 0 aliphatic rings. The number of aliphatic hydroxyl groups excluding tert-OH is 1. The van der Waals surface area contributed by atoms with Gasteiger partial charge in [0.05, 0.1) is 18.5 Å². The lowest BCUT2D eigenvalue weighted by molar-refractivity contribution is 0.271. The SMILES string of the molecule is Cc1cc(=O)c2c(-c3ccccc3C)nn(CCO)c2[nH]1. The number of rotatable bonds is 3. The van der Waals surface area contributed by atoms with Crippen LogP contribution in [-0.2, 0) is 6.54 Å². The number of H-pyrrole nitrogens is 1. The maximum atomic E-state index is 12.4. The van der Waals surface area contributed by atoms with Crippen LogP contribution in [0.4, 0.5) is 0 Å². The fourth-order valence-electron chi connectivity index (χ4n) is 2.60. The molecule has 0 atom stereocenters. The molecule has 5 nitrogen and oxygen atoms in total. The van der Waals surface area contributed by atoms with Gasteiger partial charge >= 0.3 is 0 Å². The molecule has 108 valence electrons. The summed E-state index contributed by atoms with van der Waals surface area (Å²) in [6.07, 6.45) is 0. The van der Waals surface area contributed by atoms with Crippen molar-refractivity contribution in [1.29, 1.82) is 0 Å². The number of hydrogen-bond donors (Lipinski definition) is 2. The Kier molecular flexibility index (Phi) is 3.35. The number of aromatic nitrogens is 3. The Morgan fingerprint density at radius 1 is 1.29 bits per heavy atom. The van der Waals surface area contributed by atoms with E-state index < -0.39 is 0 Å². The zero-order valence-electron chi connectivity index (χ0n) is 12.1. The van der Waals surface area contributed by atoms with Crippen LogP contribution in [0.25, 0.3) is 22.3 Å². The molecule has 0 aliphatic carbocycles. The third-order valence-electron chi connectivity index (χ3n) is 3.57. The maximum absolute atomic E-state index is 12.4. The van der Waals surface area contributed by atoms with Crippen molar-refractivity contribution in [3.8, 4) is 11.3 Å². The summed E-state index contributed by atoms with van der Waals surface area (Å²) in [5.74, 6) is 0. The van der Waals surface area contributed by atoms with Gasteiger partial charge in [0.2, 0.25) is 0 Å². The third kappa shape index (κ3) is 2.25. The summed E-state index contributed by atoms with van der Waals surface area (Å²) >= 11 is 0. The molecule has 0 unspecified atom stereocenters. The second-order valence-corrected chi connectivity index (χ2v) is 5.15. The van der Waals surface area contributed by atoms with Crippen LogP contribution in [-0.4, -0.2) is 26.5 Å². The zero-order chi connectivity index (χ0) is 15.0. The maximum Gasteiger partial charge on any atom is 0.193 e. The summed E-state index contributed by atoms with van der Waals surface area (Å²) in [6, 6.07) is 9.42. The molecular formula is C16H17N3O2. The van der Waals surface area contributed by atoms with Crippen LogP contribution >= 0.6 is 0 Å². The monoisotopic (exact) mass is 283 g/mol. The highest BCUT2D eigenvalue weighted by atomic mass is 16.3. The fourth-order valence-corrected chi connectivity index (χ4v) is 2.60. The number of nitrogens with one attached hydrogen (secondary N) is 1. The number of pyridine rings is 1. The molecule has 0 fully saturated rings. The Balaban J connectivity index is 2.39. The van der Waals surface area contributed by atoms with Crippen molar-refractivity contribution in [2.24, 2.45) is 0 Å². The van der Waals surface area contributed by atoms with Crippen molar-refractivity contribution in [2.45, 2.75) is 20.4 Å². The van der Waals surface area contributed by atoms with Crippen LogP contribution in [0, 0.1) is 13.8 Å². The largest absolute Gasteiger partial charge is 0.394 e. The van der Waals surface area contributed by atoms with Crippen molar-refractivity contribution >= 4 is 11.0 Å². The Hall–Kier alpha value is -2.40. The quantitative estimate of drug-likeness (QED) is 0.772. The van der Waals surface area contributed by atoms with E-state index in [1.54, 1.807) is 10.7 Å². The first-order valence-electron chi connectivity index (χ1n) is 6.89. The van der Waals surface area contributed by atoms with Crippen molar-refractivity contribution < 1.29 is 5.11 Å². The van der Waals surface area contributed by atoms with Crippen LogP contribution in [0.15, 0.2) is 35.1 Å². The van der Waals surface area contributed by atoms with Crippen LogP contribution in [0.3, 0.4) is 0 Å². The molecule has 0 spiro atoms. The number of aromatic amines is 1. The zero-order valence-corrected chi connectivity index (χ0v) is 12.1. The van der Waals surface area contributed by atoms with E-state index in [2.05, 4.69) is 10.1 Å². The van der Waals surface area contributed by atoms with E-state index in [1.807, 2.05) is 38.1 Å². The molecule has 2 heterocycles. The van der Waals surface area contributed by atoms with Gasteiger partial charge in [-0.15, -0.1) is 0 Å². The average molecular weight is 283 g/mol. The topological polar surface area (TPSA) is 70.9 Å². The van der Waals surface area contributed by atoms with Crippen molar-refractivity contribution in [2.75, 3.05) is 6.61 Å². The van der Waals surface area contributed by atoms with Gasteiger partial charge in [-0.3, -0.25) is 4.79 Å². The van der Waals surface area contributed by atoms with Gasteiger partial charge in [-0.1, -0.05) is 24.3 Å². The highest BCUT2D eigenvalue weighted by Gasteiger charge is 2.17. The molecule has 21 heavy (non-hydrogen) atoms.